The summed E-state index contributed by atoms with van der Waals surface area (Å²) in [6.07, 6.45) is 2.06. The highest BCUT2D eigenvalue weighted by atomic mass is 15.2. The molecule has 0 N–H and O–H groups in total. The summed E-state index contributed by atoms with van der Waals surface area (Å²) in [4.78, 5) is 0. The fraction of sp³-hybridized carbons (Fsp3) is 0.200. The standard InChI is InChI=1S/C35H32N4/c1-22(2)25-12-16-31-29(20-25)30-21-26(35(3,4)5)13-17-32(30)39(31)27-14-10-24(11-15-27)33-36-37-34-28-9-7-6-8-23(28)18-19-38(33)34/h6-22H,1-5H3. The average molecular weight is 509 g/mol. The summed E-state index contributed by atoms with van der Waals surface area (Å²) in [5, 5.41) is 14.0. The lowest BCUT2D eigenvalue weighted by Crippen LogP contribution is -2.10. The van der Waals surface area contributed by atoms with Crippen LogP contribution in [0.25, 0.3) is 55.3 Å². The van der Waals surface area contributed by atoms with Gasteiger partial charge >= 0.3 is 0 Å². The molecule has 0 amide bonds. The van der Waals surface area contributed by atoms with Crippen molar-refractivity contribution < 1.29 is 0 Å². The highest BCUT2D eigenvalue weighted by Gasteiger charge is 2.19. The van der Waals surface area contributed by atoms with E-state index in [1.165, 1.54) is 38.3 Å². The van der Waals surface area contributed by atoms with E-state index in [1.54, 1.807) is 0 Å². The molecule has 3 heterocycles. The minimum absolute atomic E-state index is 0.0895. The van der Waals surface area contributed by atoms with Crippen LogP contribution in [0, 0.1) is 0 Å². The van der Waals surface area contributed by atoms with Crippen molar-refractivity contribution in [1.82, 2.24) is 19.2 Å². The maximum atomic E-state index is 4.57. The number of benzene rings is 4. The Morgan fingerprint density at radius 3 is 2.15 bits per heavy atom. The third kappa shape index (κ3) is 3.74. The molecule has 7 rings (SSSR count). The Kier molecular flexibility index (Phi) is 5.18. The first-order valence-corrected chi connectivity index (χ1v) is 13.7. The van der Waals surface area contributed by atoms with E-state index in [9.17, 15) is 0 Å². The number of pyridine rings is 1. The van der Waals surface area contributed by atoms with Crippen molar-refractivity contribution in [3.8, 4) is 17.1 Å². The van der Waals surface area contributed by atoms with Gasteiger partial charge in [0.2, 0.25) is 0 Å². The van der Waals surface area contributed by atoms with Crippen LogP contribution in [0.4, 0.5) is 0 Å². The summed E-state index contributed by atoms with van der Waals surface area (Å²) in [5.41, 5.74) is 8.32. The summed E-state index contributed by atoms with van der Waals surface area (Å²) >= 11 is 0. The Labute approximate surface area is 228 Å². The van der Waals surface area contributed by atoms with Crippen molar-refractivity contribution in [3.63, 3.8) is 0 Å². The lowest BCUT2D eigenvalue weighted by atomic mass is 9.86. The maximum Gasteiger partial charge on any atom is 0.168 e. The number of rotatable bonds is 3. The molecule has 0 saturated carbocycles. The second kappa shape index (κ2) is 8.54. The van der Waals surface area contributed by atoms with Crippen molar-refractivity contribution in [2.45, 2.75) is 46.0 Å². The number of nitrogens with zero attached hydrogens (tertiary/aromatic N) is 4. The van der Waals surface area contributed by atoms with Gasteiger partial charge < -0.3 is 4.57 Å². The van der Waals surface area contributed by atoms with E-state index in [0.717, 1.165) is 28.1 Å². The molecule has 4 aromatic carbocycles. The Hall–Kier alpha value is -4.44. The number of hydrogen-bond acceptors (Lipinski definition) is 2. The second-order valence-electron chi connectivity index (χ2n) is 11.9. The van der Waals surface area contributed by atoms with Gasteiger partial charge in [0.05, 0.1) is 11.0 Å². The van der Waals surface area contributed by atoms with E-state index in [-0.39, 0.29) is 5.41 Å². The summed E-state index contributed by atoms with van der Waals surface area (Å²) in [6.45, 7) is 11.4. The predicted octanol–water partition coefficient (Wildman–Crippen LogP) is 9.07. The monoisotopic (exact) mass is 508 g/mol. The van der Waals surface area contributed by atoms with Crippen molar-refractivity contribution in [2.75, 3.05) is 0 Å². The van der Waals surface area contributed by atoms with Crippen molar-refractivity contribution >= 4 is 38.2 Å². The molecule has 3 aromatic heterocycles. The molecule has 0 radical (unpaired) electrons. The lowest BCUT2D eigenvalue weighted by Gasteiger charge is -2.19. The van der Waals surface area contributed by atoms with E-state index >= 15 is 0 Å². The summed E-state index contributed by atoms with van der Waals surface area (Å²) in [7, 11) is 0. The van der Waals surface area contributed by atoms with Gasteiger partial charge in [-0.05, 0) is 82.4 Å². The van der Waals surface area contributed by atoms with Crippen molar-refractivity contribution in [1.29, 1.82) is 0 Å². The number of hydrogen-bond donors (Lipinski definition) is 0. The molecule has 0 bridgehead atoms. The van der Waals surface area contributed by atoms with Gasteiger partial charge in [0, 0.05) is 33.6 Å². The maximum absolute atomic E-state index is 4.57. The van der Waals surface area contributed by atoms with Gasteiger partial charge in [-0.15, -0.1) is 10.2 Å². The first kappa shape index (κ1) is 23.7. The summed E-state index contributed by atoms with van der Waals surface area (Å²) in [5.74, 6) is 1.33. The minimum atomic E-state index is 0.0895. The van der Waals surface area contributed by atoms with Crippen molar-refractivity contribution in [2.24, 2.45) is 0 Å². The van der Waals surface area contributed by atoms with Gasteiger partial charge in [0.25, 0.3) is 0 Å². The average Bonchev–Trinajstić information content (AvgIpc) is 3.51. The summed E-state index contributed by atoms with van der Waals surface area (Å²) < 4.78 is 4.47. The molecule has 192 valence electrons. The predicted molar refractivity (Wildman–Crippen MR) is 163 cm³/mol. The highest BCUT2D eigenvalue weighted by molar-refractivity contribution is 6.10. The van der Waals surface area contributed by atoms with E-state index in [1.807, 2.05) is 6.07 Å². The molecule has 0 spiro atoms. The van der Waals surface area contributed by atoms with Crippen LogP contribution in [0.15, 0.2) is 97.2 Å². The fourth-order valence-electron chi connectivity index (χ4n) is 5.72. The third-order valence-electron chi connectivity index (χ3n) is 8.01. The van der Waals surface area contributed by atoms with Crippen LogP contribution in [-0.2, 0) is 5.41 Å². The molecule has 0 aliphatic rings. The first-order valence-electron chi connectivity index (χ1n) is 13.7. The van der Waals surface area contributed by atoms with Gasteiger partial charge in [-0.25, -0.2) is 0 Å². The minimum Gasteiger partial charge on any atom is -0.309 e. The Bertz CT molecular complexity index is 2010. The molecule has 4 nitrogen and oxygen atoms in total. The van der Waals surface area contributed by atoms with Gasteiger partial charge in [0.1, 0.15) is 0 Å². The smallest absolute Gasteiger partial charge is 0.168 e. The number of fused-ring (bicyclic) bond motifs is 6. The molecular weight excluding hydrogens is 476 g/mol. The Morgan fingerprint density at radius 1 is 0.692 bits per heavy atom. The van der Waals surface area contributed by atoms with Crippen LogP contribution in [0.3, 0.4) is 0 Å². The first-order chi connectivity index (χ1) is 18.8. The fourth-order valence-corrected chi connectivity index (χ4v) is 5.72. The molecule has 0 aliphatic heterocycles. The molecule has 0 atom stereocenters. The van der Waals surface area contributed by atoms with E-state index in [2.05, 4.69) is 145 Å². The Morgan fingerprint density at radius 2 is 1.41 bits per heavy atom. The highest BCUT2D eigenvalue weighted by Crippen LogP contribution is 2.37. The quantitative estimate of drug-likeness (QED) is 0.239. The molecule has 0 unspecified atom stereocenters. The zero-order valence-electron chi connectivity index (χ0n) is 23.1. The van der Waals surface area contributed by atoms with Crippen LogP contribution in [0.5, 0.6) is 0 Å². The van der Waals surface area contributed by atoms with E-state index in [0.29, 0.717) is 5.92 Å². The van der Waals surface area contributed by atoms with Crippen molar-refractivity contribution in [3.05, 3.63) is 108 Å². The molecule has 7 aromatic rings. The normalized spacial score (nSPS) is 12.5. The van der Waals surface area contributed by atoms with E-state index < -0.39 is 0 Å². The van der Waals surface area contributed by atoms with Crippen LogP contribution in [0.2, 0.25) is 0 Å². The molecule has 0 aliphatic carbocycles. The van der Waals surface area contributed by atoms with E-state index in [4.69, 9.17) is 0 Å². The topological polar surface area (TPSA) is 35.1 Å². The van der Waals surface area contributed by atoms with Crippen LogP contribution >= 0.6 is 0 Å². The third-order valence-corrected chi connectivity index (χ3v) is 8.01. The molecule has 39 heavy (non-hydrogen) atoms. The van der Waals surface area contributed by atoms with Gasteiger partial charge in [-0.3, -0.25) is 4.40 Å². The lowest BCUT2D eigenvalue weighted by molar-refractivity contribution is 0.591. The van der Waals surface area contributed by atoms with Crippen LogP contribution < -0.4 is 0 Å². The number of aromatic nitrogens is 4. The van der Waals surface area contributed by atoms with Gasteiger partial charge in [-0.2, -0.15) is 0 Å². The molecule has 0 saturated heterocycles. The van der Waals surface area contributed by atoms with Gasteiger partial charge in [-0.1, -0.05) is 71.0 Å². The molecule has 4 heteroatoms. The zero-order chi connectivity index (χ0) is 26.9. The molecule has 0 fully saturated rings. The Balaban J connectivity index is 1.39. The SMILES string of the molecule is CC(C)c1ccc2c(c1)c1cc(C(C)(C)C)ccc1n2-c1ccc(-c2nnc3c4ccccc4ccn23)cc1. The summed E-state index contributed by atoms with van der Waals surface area (Å²) in [6, 6.07) is 33.0. The van der Waals surface area contributed by atoms with Gasteiger partial charge in [0.15, 0.2) is 11.5 Å². The van der Waals surface area contributed by atoms with Crippen LogP contribution in [-0.4, -0.2) is 19.2 Å². The van der Waals surface area contributed by atoms with Crippen LogP contribution in [0.1, 0.15) is 51.7 Å². The molecular formula is C35H32N4. The largest absolute Gasteiger partial charge is 0.309 e. The zero-order valence-corrected chi connectivity index (χ0v) is 23.1. The second-order valence-corrected chi connectivity index (χ2v) is 11.9.